The predicted molar refractivity (Wildman–Crippen MR) is 64.9 cm³/mol. The van der Waals surface area contributed by atoms with E-state index in [9.17, 15) is 9.59 Å². The third-order valence-electron chi connectivity index (χ3n) is 3.34. The maximum Gasteiger partial charge on any atom is 0.303 e. The molecule has 0 aromatic heterocycles. The van der Waals surface area contributed by atoms with Crippen molar-refractivity contribution in [2.24, 2.45) is 5.92 Å². The molecule has 0 aromatic carbocycles. The Hall–Kier alpha value is -1.10. The molecule has 0 bridgehead atoms. The predicted octanol–water partition coefficient (Wildman–Crippen LogP) is 1.68. The van der Waals surface area contributed by atoms with Crippen molar-refractivity contribution in [1.29, 1.82) is 0 Å². The molecule has 1 rings (SSSR count). The zero-order chi connectivity index (χ0) is 13.9. The molecule has 1 aliphatic heterocycles. The van der Waals surface area contributed by atoms with Crippen LogP contribution in [-0.4, -0.2) is 36.4 Å². The standard InChI is InChI=1S/C13H22O5/c1-6-11-13(18-10(5)15)12(17-9(4)14)7(2)8(3)16-11/h7-8,11-13H,6H2,1-5H3/t7-,8?,11-,12-,13-/m0/s1. The fourth-order valence-electron chi connectivity index (χ4n) is 2.28. The molecule has 5 atom stereocenters. The molecule has 0 aliphatic carbocycles. The lowest BCUT2D eigenvalue weighted by Gasteiger charge is -2.43. The summed E-state index contributed by atoms with van der Waals surface area (Å²) in [7, 11) is 0. The van der Waals surface area contributed by atoms with Crippen molar-refractivity contribution >= 4 is 11.9 Å². The molecule has 5 heteroatoms. The molecule has 18 heavy (non-hydrogen) atoms. The van der Waals surface area contributed by atoms with Crippen LogP contribution in [0, 0.1) is 5.92 Å². The summed E-state index contributed by atoms with van der Waals surface area (Å²) in [6, 6.07) is 0. The number of carbonyl (C=O) groups excluding carboxylic acids is 2. The number of rotatable bonds is 3. The van der Waals surface area contributed by atoms with Crippen molar-refractivity contribution in [1.82, 2.24) is 0 Å². The summed E-state index contributed by atoms with van der Waals surface area (Å²) in [6.07, 6.45) is -0.537. The van der Waals surface area contributed by atoms with E-state index in [2.05, 4.69) is 0 Å². The molecular formula is C13H22O5. The molecule has 0 radical (unpaired) electrons. The summed E-state index contributed by atoms with van der Waals surface area (Å²) >= 11 is 0. The first kappa shape index (κ1) is 15.0. The first-order valence-electron chi connectivity index (χ1n) is 6.36. The van der Waals surface area contributed by atoms with E-state index >= 15 is 0 Å². The first-order chi connectivity index (χ1) is 8.36. The van der Waals surface area contributed by atoms with Crippen LogP contribution in [0.4, 0.5) is 0 Å². The largest absolute Gasteiger partial charge is 0.458 e. The van der Waals surface area contributed by atoms with Crippen molar-refractivity contribution in [3.8, 4) is 0 Å². The van der Waals surface area contributed by atoms with Gasteiger partial charge in [-0.1, -0.05) is 13.8 Å². The van der Waals surface area contributed by atoms with Gasteiger partial charge < -0.3 is 14.2 Å². The minimum Gasteiger partial charge on any atom is -0.458 e. The maximum atomic E-state index is 11.2. The molecule has 104 valence electrons. The second-order valence-corrected chi connectivity index (χ2v) is 4.80. The van der Waals surface area contributed by atoms with E-state index in [4.69, 9.17) is 14.2 Å². The lowest BCUT2D eigenvalue weighted by Crippen LogP contribution is -2.55. The van der Waals surface area contributed by atoms with Gasteiger partial charge in [0, 0.05) is 19.8 Å². The average Bonchev–Trinajstić information content (AvgIpc) is 2.27. The van der Waals surface area contributed by atoms with E-state index in [-0.39, 0.29) is 30.1 Å². The highest BCUT2D eigenvalue weighted by Crippen LogP contribution is 2.31. The number of carbonyl (C=O) groups is 2. The Morgan fingerprint density at radius 1 is 1.06 bits per heavy atom. The zero-order valence-corrected chi connectivity index (χ0v) is 11.6. The fourth-order valence-corrected chi connectivity index (χ4v) is 2.28. The molecule has 0 spiro atoms. The zero-order valence-electron chi connectivity index (χ0n) is 11.6. The summed E-state index contributed by atoms with van der Waals surface area (Å²) in [5.74, 6) is -0.769. The molecule has 0 saturated carbocycles. The van der Waals surface area contributed by atoms with Gasteiger partial charge in [0.25, 0.3) is 0 Å². The number of hydrogen-bond acceptors (Lipinski definition) is 5. The molecule has 1 fully saturated rings. The molecule has 1 heterocycles. The highest BCUT2D eigenvalue weighted by molar-refractivity contribution is 5.67. The smallest absolute Gasteiger partial charge is 0.303 e. The molecule has 5 nitrogen and oxygen atoms in total. The van der Waals surface area contributed by atoms with Crippen LogP contribution < -0.4 is 0 Å². The normalized spacial score (nSPS) is 35.9. The Labute approximate surface area is 108 Å². The first-order valence-corrected chi connectivity index (χ1v) is 6.36. The van der Waals surface area contributed by atoms with E-state index in [1.54, 1.807) is 0 Å². The van der Waals surface area contributed by atoms with Crippen LogP contribution in [0.25, 0.3) is 0 Å². The van der Waals surface area contributed by atoms with Crippen LogP contribution in [0.15, 0.2) is 0 Å². The van der Waals surface area contributed by atoms with Gasteiger partial charge in [0.2, 0.25) is 0 Å². The molecule has 0 amide bonds. The van der Waals surface area contributed by atoms with E-state index in [0.717, 1.165) is 0 Å². The summed E-state index contributed by atoms with van der Waals surface area (Å²) in [5, 5.41) is 0. The Bertz CT molecular complexity index is 299. The lowest BCUT2D eigenvalue weighted by molar-refractivity contribution is -0.220. The van der Waals surface area contributed by atoms with E-state index in [0.29, 0.717) is 6.42 Å². The van der Waals surface area contributed by atoms with Crippen LogP contribution in [0.1, 0.15) is 41.0 Å². The topological polar surface area (TPSA) is 61.8 Å². The fraction of sp³-hybridized carbons (Fsp3) is 0.846. The van der Waals surface area contributed by atoms with Gasteiger partial charge in [0.05, 0.1) is 12.2 Å². The maximum absolute atomic E-state index is 11.2. The van der Waals surface area contributed by atoms with Crippen LogP contribution in [0.5, 0.6) is 0 Å². The second kappa shape index (κ2) is 6.18. The molecular weight excluding hydrogens is 236 g/mol. The van der Waals surface area contributed by atoms with Crippen LogP contribution in [0.2, 0.25) is 0 Å². The van der Waals surface area contributed by atoms with Crippen LogP contribution in [0.3, 0.4) is 0 Å². The Kier molecular flexibility index (Phi) is 5.14. The van der Waals surface area contributed by atoms with Gasteiger partial charge in [-0.3, -0.25) is 9.59 Å². The molecule has 1 aliphatic rings. The summed E-state index contributed by atoms with van der Waals surface area (Å²) in [6.45, 7) is 8.53. The summed E-state index contributed by atoms with van der Waals surface area (Å²) < 4.78 is 16.4. The van der Waals surface area contributed by atoms with Crippen LogP contribution in [-0.2, 0) is 23.8 Å². The van der Waals surface area contributed by atoms with Crippen LogP contribution >= 0.6 is 0 Å². The highest BCUT2D eigenvalue weighted by Gasteiger charge is 2.45. The minimum atomic E-state index is -0.525. The minimum absolute atomic E-state index is 0.0129. The number of hydrogen-bond donors (Lipinski definition) is 0. The van der Waals surface area contributed by atoms with Crippen molar-refractivity contribution in [2.45, 2.75) is 65.5 Å². The molecule has 0 N–H and O–H groups in total. The second-order valence-electron chi connectivity index (χ2n) is 4.80. The van der Waals surface area contributed by atoms with E-state index in [1.807, 2.05) is 20.8 Å². The Morgan fingerprint density at radius 3 is 2.00 bits per heavy atom. The average molecular weight is 258 g/mol. The van der Waals surface area contributed by atoms with Crippen molar-refractivity contribution in [2.75, 3.05) is 0 Å². The van der Waals surface area contributed by atoms with Gasteiger partial charge in [-0.25, -0.2) is 0 Å². The SMILES string of the molecule is CC[C@@H]1OC(C)[C@H](C)[C@H](OC(C)=O)[C@H]1OC(C)=O. The lowest BCUT2D eigenvalue weighted by atomic mass is 9.87. The molecule has 1 unspecified atom stereocenters. The van der Waals surface area contributed by atoms with Crippen molar-refractivity contribution in [3.63, 3.8) is 0 Å². The Balaban J connectivity index is 2.92. The monoisotopic (exact) mass is 258 g/mol. The van der Waals surface area contributed by atoms with Gasteiger partial charge in [0.1, 0.15) is 6.10 Å². The van der Waals surface area contributed by atoms with E-state index < -0.39 is 12.2 Å². The van der Waals surface area contributed by atoms with Gasteiger partial charge in [-0.2, -0.15) is 0 Å². The Morgan fingerprint density at radius 2 is 1.56 bits per heavy atom. The van der Waals surface area contributed by atoms with Gasteiger partial charge in [0.15, 0.2) is 6.10 Å². The van der Waals surface area contributed by atoms with E-state index in [1.165, 1.54) is 13.8 Å². The van der Waals surface area contributed by atoms with Crippen molar-refractivity contribution in [3.05, 3.63) is 0 Å². The highest BCUT2D eigenvalue weighted by atomic mass is 16.6. The third kappa shape index (κ3) is 3.45. The number of ether oxygens (including phenoxy) is 3. The summed E-state index contributed by atoms with van der Waals surface area (Å²) in [5.41, 5.74) is 0. The van der Waals surface area contributed by atoms with Gasteiger partial charge in [-0.15, -0.1) is 0 Å². The van der Waals surface area contributed by atoms with Gasteiger partial charge >= 0.3 is 11.9 Å². The third-order valence-corrected chi connectivity index (χ3v) is 3.34. The quantitative estimate of drug-likeness (QED) is 0.721. The van der Waals surface area contributed by atoms with Crippen molar-refractivity contribution < 1.29 is 23.8 Å². The van der Waals surface area contributed by atoms with Gasteiger partial charge in [-0.05, 0) is 13.3 Å². The number of esters is 2. The summed E-state index contributed by atoms with van der Waals surface area (Å²) in [4.78, 5) is 22.4. The molecule has 1 saturated heterocycles. The molecule has 0 aromatic rings.